The summed E-state index contributed by atoms with van der Waals surface area (Å²) in [5.41, 5.74) is -4.10. The first-order valence-electron chi connectivity index (χ1n) is 4.47. The molecule has 0 bridgehead atoms. The van der Waals surface area contributed by atoms with Crippen molar-refractivity contribution in [2.24, 2.45) is 0 Å². The Labute approximate surface area is 89.7 Å². The summed E-state index contributed by atoms with van der Waals surface area (Å²) in [5, 5.41) is 0. The SMILES string of the molecule is CCCc1cccc(SC(F)(F)F)c1F. The van der Waals surface area contributed by atoms with Gasteiger partial charge < -0.3 is 0 Å². The van der Waals surface area contributed by atoms with Crippen LogP contribution in [0.3, 0.4) is 0 Å². The number of hydrogen-bond donors (Lipinski definition) is 0. The molecule has 0 aromatic heterocycles. The summed E-state index contributed by atoms with van der Waals surface area (Å²) >= 11 is -0.408. The number of rotatable bonds is 3. The molecule has 0 N–H and O–H groups in total. The Morgan fingerprint density at radius 2 is 1.93 bits per heavy atom. The standard InChI is InChI=1S/C10H10F4S/c1-2-4-7-5-3-6-8(9(7)11)15-10(12,13)14/h3,5-6H,2,4H2,1H3. The highest BCUT2D eigenvalue weighted by Gasteiger charge is 2.30. The fourth-order valence-corrected chi connectivity index (χ4v) is 1.84. The van der Waals surface area contributed by atoms with E-state index in [1.807, 2.05) is 6.92 Å². The van der Waals surface area contributed by atoms with Gasteiger partial charge in [0.2, 0.25) is 0 Å². The maximum atomic E-state index is 13.5. The Morgan fingerprint density at radius 1 is 1.27 bits per heavy atom. The number of halogens is 4. The highest BCUT2D eigenvalue weighted by Crippen LogP contribution is 2.38. The van der Waals surface area contributed by atoms with Crippen LogP contribution in [0.1, 0.15) is 18.9 Å². The van der Waals surface area contributed by atoms with Crippen LogP contribution in [-0.4, -0.2) is 5.51 Å². The van der Waals surface area contributed by atoms with Gasteiger partial charge >= 0.3 is 5.51 Å². The van der Waals surface area contributed by atoms with Crippen LogP contribution >= 0.6 is 11.8 Å². The molecule has 15 heavy (non-hydrogen) atoms. The first-order valence-corrected chi connectivity index (χ1v) is 5.29. The summed E-state index contributed by atoms with van der Waals surface area (Å²) in [6.45, 7) is 1.85. The zero-order chi connectivity index (χ0) is 11.5. The Morgan fingerprint density at radius 3 is 2.47 bits per heavy atom. The van der Waals surface area contributed by atoms with Crippen molar-refractivity contribution in [2.45, 2.75) is 30.2 Å². The number of aryl methyl sites for hydroxylation is 1. The highest BCUT2D eigenvalue weighted by molar-refractivity contribution is 8.00. The third-order valence-electron chi connectivity index (χ3n) is 1.79. The van der Waals surface area contributed by atoms with E-state index in [-0.39, 0.29) is 4.90 Å². The molecule has 84 valence electrons. The summed E-state index contributed by atoms with van der Waals surface area (Å²) in [4.78, 5) is -0.353. The van der Waals surface area contributed by atoms with Crippen molar-refractivity contribution in [1.82, 2.24) is 0 Å². The summed E-state index contributed by atoms with van der Waals surface area (Å²) in [6, 6.07) is 4.11. The zero-order valence-corrected chi connectivity index (χ0v) is 8.88. The van der Waals surface area contributed by atoms with Crippen molar-refractivity contribution in [3.63, 3.8) is 0 Å². The molecule has 0 nitrogen and oxygen atoms in total. The fraction of sp³-hybridized carbons (Fsp3) is 0.400. The largest absolute Gasteiger partial charge is 0.446 e. The van der Waals surface area contributed by atoms with Crippen LogP contribution in [0.4, 0.5) is 17.6 Å². The van der Waals surface area contributed by atoms with E-state index in [1.54, 1.807) is 0 Å². The third kappa shape index (κ3) is 3.74. The Hall–Kier alpha value is -0.710. The average molecular weight is 238 g/mol. The normalized spacial score (nSPS) is 11.8. The van der Waals surface area contributed by atoms with E-state index >= 15 is 0 Å². The highest BCUT2D eigenvalue weighted by atomic mass is 32.2. The van der Waals surface area contributed by atoms with Crippen molar-refractivity contribution in [2.75, 3.05) is 0 Å². The van der Waals surface area contributed by atoms with Gasteiger partial charge in [0, 0.05) is 0 Å². The predicted octanol–water partition coefficient (Wildman–Crippen LogP) is 4.39. The van der Waals surface area contributed by atoms with Crippen molar-refractivity contribution < 1.29 is 17.6 Å². The maximum absolute atomic E-state index is 13.5. The van der Waals surface area contributed by atoms with Crippen molar-refractivity contribution >= 4 is 11.8 Å². The van der Waals surface area contributed by atoms with Crippen LogP contribution in [0.2, 0.25) is 0 Å². The lowest BCUT2D eigenvalue weighted by Gasteiger charge is -2.09. The molecule has 1 aromatic carbocycles. The number of alkyl halides is 3. The Bertz CT molecular complexity index is 333. The van der Waals surface area contributed by atoms with Gasteiger partial charge in [0.1, 0.15) is 5.82 Å². The molecule has 0 saturated carbocycles. The van der Waals surface area contributed by atoms with Crippen LogP contribution in [0.15, 0.2) is 23.1 Å². The predicted molar refractivity (Wildman–Crippen MR) is 52.3 cm³/mol. The van der Waals surface area contributed by atoms with Crippen LogP contribution in [0.5, 0.6) is 0 Å². The molecule has 0 aliphatic heterocycles. The Kier molecular flexibility index (Phi) is 4.02. The number of benzene rings is 1. The minimum Gasteiger partial charge on any atom is -0.205 e. The van der Waals surface area contributed by atoms with Gasteiger partial charge in [-0.1, -0.05) is 25.5 Å². The smallest absolute Gasteiger partial charge is 0.205 e. The molecule has 1 rings (SSSR count). The summed E-state index contributed by atoms with van der Waals surface area (Å²) in [6.07, 6.45) is 1.16. The molecule has 0 aliphatic rings. The van der Waals surface area contributed by atoms with E-state index in [0.29, 0.717) is 18.4 Å². The monoisotopic (exact) mass is 238 g/mol. The lowest BCUT2D eigenvalue weighted by molar-refractivity contribution is -0.0329. The molecule has 0 fully saturated rings. The van der Waals surface area contributed by atoms with E-state index in [0.717, 1.165) is 6.07 Å². The van der Waals surface area contributed by atoms with Crippen LogP contribution in [0, 0.1) is 5.82 Å². The van der Waals surface area contributed by atoms with Crippen molar-refractivity contribution in [3.8, 4) is 0 Å². The molecule has 0 spiro atoms. The van der Waals surface area contributed by atoms with E-state index in [9.17, 15) is 17.6 Å². The van der Waals surface area contributed by atoms with Gasteiger partial charge in [0.25, 0.3) is 0 Å². The van der Waals surface area contributed by atoms with Gasteiger partial charge in [-0.3, -0.25) is 0 Å². The number of thioether (sulfide) groups is 1. The topological polar surface area (TPSA) is 0 Å². The lowest BCUT2D eigenvalue weighted by Crippen LogP contribution is -2.01. The van der Waals surface area contributed by atoms with Crippen LogP contribution < -0.4 is 0 Å². The van der Waals surface area contributed by atoms with E-state index in [2.05, 4.69) is 0 Å². The molecule has 0 atom stereocenters. The minimum absolute atomic E-state index is 0.340. The van der Waals surface area contributed by atoms with Crippen LogP contribution in [-0.2, 0) is 6.42 Å². The molecule has 0 saturated heterocycles. The van der Waals surface area contributed by atoms with Crippen molar-refractivity contribution in [1.29, 1.82) is 0 Å². The van der Waals surface area contributed by atoms with E-state index < -0.39 is 23.1 Å². The average Bonchev–Trinajstić information content (AvgIpc) is 2.10. The molecule has 5 heteroatoms. The molecule has 0 radical (unpaired) electrons. The summed E-state index contributed by atoms with van der Waals surface area (Å²) in [7, 11) is 0. The second-order valence-electron chi connectivity index (χ2n) is 3.03. The second kappa shape index (κ2) is 4.88. The molecule has 1 aromatic rings. The summed E-state index contributed by atoms with van der Waals surface area (Å²) < 4.78 is 49.6. The van der Waals surface area contributed by atoms with Gasteiger partial charge in [0.15, 0.2) is 0 Å². The molecule has 0 unspecified atom stereocenters. The molecule has 0 heterocycles. The first-order chi connectivity index (χ1) is 6.94. The second-order valence-corrected chi connectivity index (χ2v) is 4.13. The number of hydrogen-bond acceptors (Lipinski definition) is 1. The third-order valence-corrected chi connectivity index (χ3v) is 2.55. The van der Waals surface area contributed by atoms with Gasteiger partial charge in [-0.15, -0.1) is 0 Å². The minimum atomic E-state index is -4.44. The molecular weight excluding hydrogens is 228 g/mol. The van der Waals surface area contributed by atoms with Gasteiger partial charge in [-0.2, -0.15) is 13.2 Å². The maximum Gasteiger partial charge on any atom is 0.446 e. The lowest BCUT2D eigenvalue weighted by atomic mass is 10.1. The fourth-order valence-electron chi connectivity index (χ4n) is 1.22. The molecule has 0 amide bonds. The van der Waals surface area contributed by atoms with Gasteiger partial charge in [0.05, 0.1) is 4.90 Å². The van der Waals surface area contributed by atoms with E-state index in [1.165, 1.54) is 12.1 Å². The quantitative estimate of drug-likeness (QED) is 0.556. The summed E-state index contributed by atoms with van der Waals surface area (Å²) in [5.74, 6) is -0.748. The molecule has 0 aliphatic carbocycles. The van der Waals surface area contributed by atoms with Gasteiger partial charge in [-0.25, -0.2) is 4.39 Å². The molecular formula is C10H10F4S. The van der Waals surface area contributed by atoms with Gasteiger partial charge in [-0.05, 0) is 29.8 Å². The van der Waals surface area contributed by atoms with Crippen LogP contribution in [0.25, 0.3) is 0 Å². The zero-order valence-electron chi connectivity index (χ0n) is 8.07. The first kappa shape index (κ1) is 12.4. The van der Waals surface area contributed by atoms with E-state index in [4.69, 9.17) is 0 Å². The van der Waals surface area contributed by atoms with Crippen molar-refractivity contribution in [3.05, 3.63) is 29.6 Å². The Balaban J connectivity index is 2.94.